The van der Waals surface area contributed by atoms with Crippen LogP contribution in [0.1, 0.15) is 41.0 Å². The Balaban J connectivity index is 1.34. The molecule has 0 spiro atoms. The number of methoxy groups -OCH3 is 1. The number of fused-ring (bicyclic) bond motifs is 4. The molecule has 1 saturated carbocycles. The molecule has 0 radical (unpaired) electrons. The predicted octanol–water partition coefficient (Wildman–Crippen LogP) is 6.86. The molecule has 51 heavy (non-hydrogen) atoms. The molecule has 2 heterocycles. The number of hydrazine groups is 1. The Morgan fingerprint density at radius 2 is 1.61 bits per heavy atom. The number of allylic oxidation sites excluding steroid dienone is 2. The highest BCUT2D eigenvalue weighted by Crippen LogP contribution is 2.66. The van der Waals surface area contributed by atoms with Gasteiger partial charge in [0.1, 0.15) is 11.5 Å². The van der Waals surface area contributed by atoms with Crippen molar-refractivity contribution in [3.8, 4) is 11.5 Å². The van der Waals surface area contributed by atoms with Crippen molar-refractivity contribution in [2.75, 3.05) is 17.4 Å². The van der Waals surface area contributed by atoms with E-state index in [1.165, 1.54) is 18.1 Å². The molecule has 2 aliphatic carbocycles. The summed E-state index contributed by atoms with van der Waals surface area (Å²) in [6.45, 7) is 3.80. The van der Waals surface area contributed by atoms with Crippen LogP contribution in [0.5, 0.6) is 11.5 Å². The largest absolute Gasteiger partial charge is 0.508 e. The third-order valence-corrected chi connectivity index (χ3v) is 11.8. The third-order valence-electron chi connectivity index (χ3n) is 11.4. The number of carbonyl (C=O) groups excluding carboxylic acids is 4. The Morgan fingerprint density at radius 3 is 2.31 bits per heavy atom. The number of aryl methyl sites for hydroxylation is 2. The topological polar surface area (TPSA) is 116 Å². The minimum Gasteiger partial charge on any atom is -0.508 e. The van der Waals surface area contributed by atoms with Gasteiger partial charge in [0.2, 0.25) is 11.8 Å². The van der Waals surface area contributed by atoms with E-state index in [0.717, 1.165) is 21.7 Å². The summed E-state index contributed by atoms with van der Waals surface area (Å²) in [6.07, 6.45) is 2.33. The highest BCUT2D eigenvalue weighted by atomic mass is 35.5. The maximum atomic E-state index is 15.3. The normalized spacial score (nSPS) is 26.8. The maximum Gasteiger partial charge on any atom is 0.260 e. The molecule has 2 aliphatic heterocycles. The average Bonchev–Trinajstić information content (AvgIpc) is 3.51. The zero-order valence-electron chi connectivity index (χ0n) is 28.3. The molecule has 258 valence electrons. The second-order valence-electron chi connectivity index (χ2n) is 13.9. The number of carbonyl (C=O) groups is 4. The van der Waals surface area contributed by atoms with Gasteiger partial charge in [-0.05, 0) is 80.1 Å². The number of hydrogen-bond donors (Lipinski definition) is 2. The summed E-state index contributed by atoms with van der Waals surface area (Å²) in [6, 6.07) is 26.6. The number of phenolic OH excluding ortho intramolecular Hbond substituents is 1. The summed E-state index contributed by atoms with van der Waals surface area (Å²) in [7, 11) is 1.49. The third kappa shape index (κ3) is 4.74. The number of benzene rings is 4. The lowest BCUT2D eigenvalue weighted by Gasteiger charge is -2.50. The number of imide groups is 2. The number of amides is 4. The van der Waals surface area contributed by atoms with E-state index in [1.54, 1.807) is 42.5 Å². The molecule has 4 aliphatic rings. The van der Waals surface area contributed by atoms with Gasteiger partial charge in [-0.25, -0.2) is 4.90 Å². The number of nitrogens with one attached hydrogen (secondary N) is 1. The number of halogens is 1. The number of aromatic hydroxyl groups is 1. The number of rotatable bonds is 6. The molecule has 0 aromatic heterocycles. The minimum absolute atomic E-state index is 0.105. The summed E-state index contributed by atoms with van der Waals surface area (Å²) >= 11 is 6.45. The smallest absolute Gasteiger partial charge is 0.260 e. The minimum atomic E-state index is -1.53. The van der Waals surface area contributed by atoms with Gasteiger partial charge in [-0.15, -0.1) is 0 Å². The Bertz CT molecular complexity index is 2150. The lowest BCUT2D eigenvalue weighted by atomic mass is 9.49. The van der Waals surface area contributed by atoms with Gasteiger partial charge in [-0.3, -0.25) is 24.6 Å². The average molecular weight is 702 g/mol. The molecule has 6 atom stereocenters. The Hall–Kier alpha value is -5.41. The molecule has 4 aromatic carbocycles. The zero-order valence-corrected chi connectivity index (χ0v) is 29.1. The van der Waals surface area contributed by atoms with E-state index in [-0.39, 0.29) is 30.4 Å². The molecule has 2 N–H and O–H groups in total. The van der Waals surface area contributed by atoms with E-state index >= 15 is 4.79 Å². The Labute approximate surface area is 300 Å². The van der Waals surface area contributed by atoms with Crippen molar-refractivity contribution in [1.29, 1.82) is 0 Å². The quantitative estimate of drug-likeness (QED) is 0.167. The number of nitrogens with zero attached hydrogens (tertiary/aromatic N) is 2. The molecule has 4 aromatic rings. The molecule has 3 fully saturated rings. The van der Waals surface area contributed by atoms with Gasteiger partial charge in [0, 0.05) is 16.5 Å². The van der Waals surface area contributed by atoms with Gasteiger partial charge in [-0.2, -0.15) is 5.01 Å². The second kappa shape index (κ2) is 12.1. The van der Waals surface area contributed by atoms with Crippen molar-refractivity contribution < 1.29 is 29.0 Å². The van der Waals surface area contributed by atoms with E-state index in [9.17, 15) is 19.5 Å². The van der Waals surface area contributed by atoms with Gasteiger partial charge >= 0.3 is 0 Å². The standard InChI is InChI=1S/C41H36ClN3O6/c1-22-12-15-25(16-13-22)43-45-38(48)30-21-29-27(18-19-28-34(29)39(49)44(37(28)47)26-17-14-23(2)31(42)20-26)36(35-32(46)10-7-11-33(35)51-3)41(30,40(45)50)24-8-5-4-6-9-24/h4-18,20,28-30,34,36,43,46H,19,21H2,1-3H3. The molecule has 0 bridgehead atoms. The molecule has 9 nitrogen and oxygen atoms in total. The second-order valence-corrected chi connectivity index (χ2v) is 14.3. The SMILES string of the molecule is COc1cccc(O)c1C1C2=CCC3C(=O)N(c4ccc(C)c(Cl)c4)C(=O)C3C2CC2C(=O)N(Nc3ccc(C)cc3)C(=O)C21c1ccccc1. The highest BCUT2D eigenvalue weighted by molar-refractivity contribution is 6.32. The van der Waals surface area contributed by atoms with E-state index in [4.69, 9.17) is 16.3 Å². The molecular formula is C41H36ClN3O6. The van der Waals surface area contributed by atoms with Crippen molar-refractivity contribution in [3.05, 3.63) is 130 Å². The number of ether oxygens (including phenoxy) is 1. The van der Waals surface area contributed by atoms with Gasteiger partial charge in [0.25, 0.3) is 11.8 Å². The van der Waals surface area contributed by atoms with Crippen molar-refractivity contribution in [3.63, 3.8) is 0 Å². The Kier molecular flexibility index (Phi) is 7.79. The van der Waals surface area contributed by atoms with E-state index in [1.807, 2.05) is 62.4 Å². The van der Waals surface area contributed by atoms with Crippen molar-refractivity contribution >= 4 is 46.6 Å². The maximum absolute atomic E-state index is 15.3. The molecule has 6 unspecified atom stereocenters. The lowest BCUT2D eigenvalue weighted by molar-refractivity contribution is -0.138. The molecule has 2 saturated heterocycles. The molecule has 4 amide bonds. The first-order chi connectivity index (χ1) is 24.6. The van der Waals surface area contributed by atoms with Crippen LogP contribution >= 0.6 is 11.6 Å². The first-order valence-corrected chi connectivity index (χ1v) is 17.4. The first kappa shape index (κ1) is 32.8. The molecule has 10 heteroatoms. The van der Waals surface area contributed by atoms with Crippen LogP contribution in [0.4, 0.5) is 11.4 Å². The van der Waals surface area contributed by atoms with Crippen LogP contribution < -0.4 is 15.1 Å². The number of phenols is 1. The first-order valence-electron chi connectivity index (χ1n) is 17.0. The fourth-order valence-electron chi connectivity index (χ4n) is 9.04. The van der Waals surface area contributed by atoms with Crippen LogP contribution in [0.3, 0.4) is 0 Å². The van der Waals surface area contributed by atoms with E-state index in [2.05, 4.69) is 5.43 Å². The predicted molar refractivity (Wildman–Crippen MR) is 192 cm³/mol. The van der Waals surface area contributed by atoms with Crippen molar-refractivity contribution in [2.24, 2.45) is 23.7 Å². The van der Waals surface area contributed by atoms with Crippen molar-refractivity contribution in [2.45, 2.75) is 38.0 Å². The van der Waals surface area contributed by atoms with Gasteiger partial charge in [0.05, 0.1) is 41.7 Å². The van der Waals surface area contributed by atoms with E-state index < -0.39 is 46.8 Å². The zero-order chi connectivity index (χ0) is 35.8. The monoisotopic (exact) mass is 701 g/mol. The fourth-order valence-corrected chi connectivity index (χ4v) is 9.21. The van der Waals surface area contributed by atoms with E-state index in [0.29, 0.717) is 33.3 Å². The summed E-state index contributed by atoms with van der Waals surface area (Å²) in [5.74, 6) is -5.36. The summed E-state index contributed by atoms with van der Waals surface area (Å²) in [5.41, 5.74) is 6.02. The van der Waals surface area contributed by atoms with Gasteiger partial charge in [-0.1, -0.05) is 83.4 Å². The van der Waals surface area contributed by atoms with Crippen LogP contribution in [-0.2, 0) is 24.6 Å². The van der Waals surface area contributed by atoms with Gasteiger partial charge in [0.15, 0.2) is 0 Å². The van der Waals surface area contributed by atoms with Gasteiger partial charge < -0.3 is 9.84 Å². The Morgan fingerprint density at radius 1 is 0.863 bits per heavy atom. The van der Waals surface area contributed by atoms with Crippen LogP contribution in [-0.4, -0.2) is 40.9 Å². The molecule has 8 rings (SSSR count). The van der Waals surface area contributed by atoms with Crippen LogP contribution in [0.15, 0.2) is 103 Å². The number of anilines is 2. The van der Waals surface area contributed by atoms with Crippen LogP contribution in [0.2, 0.25) is 5.02 Å². The summed E-state index contributed by atoms with van der Waals surface area (Å²) in [4.78, 5) is 60.0. The lowest BCUT2D eigenvalue weighted by Crippen LogP contribution is -2.53. The highest BCUT2D eigenvalue weighted by Gasteiger charge is 2.71. The van der Waals surface area contributed by atoms with Crippen LogP contribution in [0, 0.1) is 37.5 Å². The summed E-state index contributed by atoms with van der Waals surface area (Å²) < 4.78 is 5.85. The fraction of sp³-hybridized carbons (Fsp3) is 0.268. The van der Waals surface area contributed by atoms with Crippen LogP contribution in [0.25, 0.3) is 0 Å². The number of hydrogen-bond acceptors (Lipinski definition) is 7. The van der Waals surface area contributed by atoms with Crippen molar-refractivity contribution in [1.82, 2.24) is 5.01 Å². The summed E-state index contributed by atoms with van der Waals surface area (Å²) in [5, 5.41) is 13.2. The molecular weight excluding hydrogens is 666 g/mol.